The maximum atomic E-state index is 11.5. The normalized spacial score (nSPS) is 23.8. The van der Waals surface area contributed by atoms with E-state index in [0.717, 1.165) is 43.8 Å². The summed E-state index contributed by atoms with van der Waals surface area (Å²) in [7, 11) is 1.76. The second kappa shape index (κ2) is 5.95. The van der Waals surface area contributed by atoms with Gasteiger partial charge in [-0.05, 0) is 39.3 Å². The predicted octanol–water partition coefficient (Wildman–Crippen LogP) is 1.19. The van der Waals surface area contributed by atoms with Crippen molar-refractivity contribution >= 4 is 5.91 Å². The average molecular weight is 281 g/mol. The number of carbonyl (C=O) groups is 1. The van der Waals surface area contributed by atoms with Crippen LogP contribution in [0, 0.1) is 6.92 Å². The Labute approximate surface area is 119 Å². The number of hydrogen-bond donors (Lipinski definition) is 2. The van der Waals surface area contributed by atoms with Gasteiger partial charge in [-0.15, -0.1) is 0 Å². The van der Waals surface area contributed by atoms with Gasteiger partial charge in [0.05, 0.1) is 5.60 Å². The molecule has 112 valence electrons. The molecule has 0 spiro atoms. The van der Waals surface area contributed by atoms with E-state index in [1.54, 1.807) is 13.2 Å². The zero-order valence-corrected chi connectivity index (χ0v) is 12.4. The maximum absolute atomic E-state index is 11.5. The highest BCUT2D eigenvalue weighted by Gasteiger charge is 2.31. The van der Waals surface area contributed by atoms with Crippen LogP contribution in [0.25, 0.3) is 0 Å². The maximum Gasteiger partial charge on any atom is 0.300 e. The van der Waals surface area contributed by atoms with Gasteiger partial charge in [-0.3, -0.25) is 15.1 Å². The van der Waals surface area contributed by atoms with Crippen molar-refractivity contribution < 1.29 is 13.9 Å². The van der Waals surface area contributed by atoms with Gasteiger partial charge >= 0.3 is 5.91 Å². The minimum absolute atomic E-state index is 0.0899. The van der Waals surface area contributed by atoms with Gasteiger partial charge in [0, 0.05) is 25.8 Å². The van der Waals surface area contributed by atoms with Gasteiger partial charge in [0.2, 0.25) is 0 Å². The number of ether oxygens (including phenoxy) is 1. The topological polar surface area (TPSA) is 80.7 Å². The molecule has 1 unspecified atom stereocenters. The summed E-state index contributed by atoms with van der Waals surface area (Å²) in [6, 6.07) is 1.76. The van der Waals surface area contributed by atoms with Crippen molar-refractivity contribution in [2.24, 2.45) is 5.84 Å². The minimum atomic E-state index is -0.403. The fourth-order valence-electron chi connectivity index (χ4n) is 2.71. The molecule has 1 aliphatic heterocycles. The van der Waals surface area contributed by atoms with E-state index in [9.17, 15) is 4.79 Å². The molecule has 1 aromatic rings. The van der Waals surface area contributed by atoms with Gasteiger partial charge in [0.15, 0.2) is 5.76 Å². The first-order chi connectivity index (χ1) is 9.47. The first kappa shape index (κ1) is 15.0. The van der Waals surface area contributed by atoms with Crippen molar-refractivity contribution in [3.8, 4) is 0 Å². The number of furan rings is 1. The monoisotopic (exact) mass is 281 g/mol. The molecule has 1 saturated heterocycles. The summed E-state index contributed by atoms with van der Waals surface area (Å²) in [4.78, 5) is 13.8. The van der Waals surface area contributed by atoms with E-state index in [4.69, 9.17) is 15.0 Å². The lowest BCUT2D eigenvalue weighted by atomic mass is 9.94. The van der Waals surface area contributed by atoms with E-state index in [1.807, 2.05) is 6.92 Å². The Kier molecular flexibility index (Phi) is 4.47. The molecule has 0 radical (unpaired) electrons. The second-order valence-electron chi connectivity index (χ2n) is 5.63. The molecular formula is C14H23N3O3. The third kappa shape index (κ3) is 3.20. The van der Waals surface area contributed by atoms with E-state index in [2.05, 4.69) is 17.2 Å². The fraction of sp³-hybridized carbons (Fsp3) is 0.643. The summed E-state index contributed by atoms with van der Waals surface area (Å²) in [6.07, 6.45) is 2.18. The van der Waals surface area contributed by atoms with E-state index >= 15 is 0 Å². The molecule has 6 nitrogen and oxygen atoms in total. The summed E-state index contributed by atoms with van der Waals surface area (Å²) < 4.78 is 11.0. The van der Waals surface area contributed by atoms with E-state index in [0.29, 0.717) is 0 Å². The standard InChI is InChI=1S/C14H23N3O3/c1-10-11(7-12(20-10)13(18)16-15)8-17-6-4-5-14(2,9-17)19-3/h7H,4-6,8-9,15H2,1-3H3,(H,16,18). The molecule has 20 heavy (non-hydrogen) atoms. The zero-order chi connectivity index (χ0) is 14.8. The Balaban J connectivity index is 2.06. The molecule has 1 fully saturated rings. The number of nitrogens with zero attached hydrogens (tertiary/aromatic N) is 1. The molecule has 1 aromatic heterocycles. The Morgan fingerprint density at radius 1 is 1.65 bits per heavy atom. The Morgan fingerprint density at radius 2 is 2.40 bits per heavy atom. The van der Waals surface area contributed by atoms with Gasteiger partial charge in [-0.25, -0.2) is 5.84 Å². The van der Waals surface area contributed by atoms with Crippen LogP contribution >= 0.6 is 0 Å². The summed E-state index contributed by atoms with van der Waals surface area (Å²) in [6.45, 7) is 6.66. The number of aryl methyl sites for hydroxylation is 1. The molecule has 3 N–H and O–H groups in total. The highest BCUT2D eigenvalue weighted by Crippen LogP contribution is 2.26. The first-order valence-corrected chi connectivity index (χ1v) is 6.85. The van der Waals surface area contributed by atoms with Gasteiger partial charge in [0.1, 0.15) is 5.76 Å². The Morgan fingerprint density at radius 3 is 3.05 bits per heavy atom. The molecule has 1 amide bonds. The van der Waals surface area contributed by atoms with Gasteiger partial charge in [0.25, 0.3) is 0 Å². The van der Waals surface area contributed by atoms with Crippen LogP contribution in [0.2, 0.25) is 0 Å². The quantitative estimate of drug-likeness (QED) is 0.492. The van der Waals surface area contributed by atoms with Crippen molar-refractivity contribution in [3.63, 3.8) is 0 Å². The number of likely N-dealkylation sites (tertiary alicyclic amines) is 1. The number of methoxy groups -OCH3 is 1. The van der Waals surface area contributed by atoms with Crippen molar-refractivity contribution in [2.45, 2.75) is 38.8 Å². The van der Waals surface area contributed by atoms with E-state index < -0.39 is 5.91 Å². The summed E-state index contributed by atoms with van der Waals surface area (Å²) in [5.74, 6) is 5.73. The molecule has 0 aromatic carbocycles. The highest BCUT2D eigenvalue weighted by atomic mass is 16.5. The van der Waals surface area contributed by atoms with Gasteiger partial charge < -0.3 is 9.15 Å². The molecule has 1 atom stereocenters. The molecule has 0 bridgehead atoms. The molecule has 2 rings (SSSR count). The van der Waals surface area contributed by atoms with Crippen molar-refractivity contribution in [1.82, 2.24) is 10.3 Å². The van der Waals surface area contributed by atoms with Crippen LogP contribution in [0.3, 0.4) is 0 Å². The molecule has 2 heterocycles. The molecule has 1 aliphatic rings. The Bertz CT molecular complexity index is 486. The first-order valence-electron chi connectivity index (χ1n) is 6.85. The number of nitrogens with one attached hydrogen (secondary N) is 1. The average Bonchev–Trinajstić information content (AvgIpc) is 2.79. The number of amides is 1. The van der Waals surface area contributed by atoms with E-state index in [1.165, 1.54) is 0 Å². The van der Waals surface area contributed by atoms with E-state index in [-0.39, 0.29) is 11.4 Å². The highest BCUT2D eigenvalue weighted by molar-refractivity contribution is 5.91. The second-order valence-corrected chi connectivity index (χ2v) is 5.63. The summed E-state index contributed by atoms with van der Waals surface area (Å²) >= 11 is 0. The molecule has 6 heteroatoms. The lowest BCUT2D eigenvalue weighted by Crippen LogP contribution is -2.46. The number of piperidine rings is 1. The predicted molar refractivity (Wildman–Crippen MR) is 75.0 cm³/mol. The summed E-state index contributed by atoms with van der Waals surface area (Å²) in [5.41, 5.74) is 3.01. The van der Waals surface area contributed by atoms with Gasteiger partial charge in [-0.1, -0.05) is 0 Å². The number of nitrogens with two attached hydrogens (primary N) is 1. The SMILES string of the molecule is COC1(C)CCCN(Cc2cc(C(=O)NN)oc2C)C1. The summed E-state index contributed by atoms with van der Waals surface area (Å²) in [5, 5.41) is 0. The lowest BCUT2D eigenvalue weighted by molar-refractivity contribution is -0.0527. The van der Waals surface area contributed by atoms with Crippen molar-refractivity contribution in [3.05, 3.63) is 23.2 Å². The number of nitrogen functional groups attached to an aromatic ring is 1. The number of hydrazine groups is 1. The minimum Gasteiger partial charge on any atom is -0.456 e. The smallest absolute Gasteiger partial charge is 0.300 e. The number of hydrogen-bond acceptors (Lipinski definition) is 5. The third-order valence-corrected chi connectivity index (χ3v) is 4.00. The van der Waals surface area contributed by atoms with Crippen LogP contribution in [-0.2, 0) is 11.3 Å². The fourth-order valence-corrected chi connectivity index (χ4v) is 2.71. The lowest BCUT2D eigenvalue weighted by Gasteiger charge is -2.39. The number of rotatable bonds is 4. The molecular weight excluding hydrogens is 258 g/mol. The number of carbonyl (C=O) groups excluding carboxylic acids is 1. The van der Waals surface area contributed by atoms with Crippen LogP contribution in [0.5, 0.6) is 0 Å². The van der Waals surface area contributed by atoms with Crippen molar-refractivity contribution in [2.75, 3.05) is 20.2 Å². The van der Waals surface area contributed by atoms with Crippen LogP contribution in [-0.4, -0.2) is 36.6 Å². The van der Waals surface area contributed by atoms with Crippen LogP contribution < -0.4 is 11.3 Å². The Hall–Kier alpha value is -1.37. The largest absolute Gasteiger partial charge is 0.456 e. The zero-order valence-electron chi connectivity index (χ0n) is 12.4. The molecule has 0 aliphatic carbocycles. The van der Waals surface area contributed by atoms with Crippen LogP contribution in [0.15, 0.2) is 10.5 Å². The van der Waals surface area contributed by atoms with Crippen molar-refractivity contribution in [1.29, 1.82) is 0 Å². The van der Waals surface area contributed by atoms with Gasteiger partial charge in [-0.2, -0.15) is 0 Å². The molecule has 0 saturated carbocycles. The van der Waals surface area contributed by atoms with Crippen LogP contribution in [0.4, 0.5) is 0 Å². The third-order valence-electron chi connectivity index (χ3n) is 4.00. The van der Waals surface area contributed by atoms with Crippen LogP contribution in [0.1, 0.15) is 41.6 Å².